The molecule has 0 aromatic heterocycles. The molecule has 0 heterocycles. The van der Waals surface area contributed by atoms with Crippen molar-refractivity contribution in [2.24, 2.45) is 5.84 Å². The van der Waals surface area contributed by atoms with Crippen molar-refractivity contribution in [3.8, 4) is 0 Å². The standard InChI is InChI=1S/C12H20N2S/c1-3-4-11(14-13)9-15-12-7-5-10(2)6-8-12/h5-8,11,14H,3-4,9,13H2,1-2H3. The summed E-state index contributed by atoms with van der Waals surface area (Å²) in [6.45, 7) is 4.29. The number of nitrogens with one attached hydrogen (secondary N) is 1. The fraction of sp³-hybridized carbons (Fsp3) is 0.500. The van der Waals surface area contributed by atoms with Gasteiger partial charge in [0.15, 0.2) is 0 Å². The summed E-state index contributed by atoms with van der Waals surface area (Å²) in [4.78, 5) is 1.32. The summed E-state index contributed by atoms with van der Waals surface area (Å²) in [5, 5.41) is 0. The predicted molar refractivity (Wildman–Crippen MR) is 67.9 cm³/mol. The van der Waals surface area contributed by atoms with Gasteiger partial charge in [-0.05, 0) is 25.5 Å². The minimum absolute atomic E-state index is 0.418. The molecule has 0 saturated carbocycles. The number of hydrazine groups is 1. The minimum atomic E-state index is 0.418. The normalized spacial score (nSPS) is 12.7. The number of aryl methyl sites for hydroxylation is 1. The molecule has 0 radical (unpaired) electrons. The SMILES string of the molecule is CCCC(CSc1ccc(C)cc1)NN. The number of nitrogens with two attached hydrogens (primary N) is 1. The predicted octanol–water partition coefficient (Wildman–Crippen LogP) is 2.72. The van der Waals surface area contributed by atoms with Gasteiger partial charge < -0.3 is 0 Å². The average Bonchev–Trinajstić information content (AvgIpc) is 2.26. The summed E-state index contributed by atoms with van der Waals surface area (Å²) in [6, 6.07) is 9.04. The van der Waals surface area contributed by atoms with E-state index in [4.69, 9.17) is 5.84 Å². The molecule has 0 amide bonds. The fourth-order valence-corrected chi connectivity index (χ4v) is 2.38. The van der Waals surface area contributed by atoms with Gasteiger partial charge in [0.25, 0.3) is 0 Å². The highest BCUT2D eigenvalue weighted by Gasteiger charge is 2.05. The Morgan fingerprint density at radius 1 is 1.33 bits per heavy atom. The van der Waals surface area contributed by atoms with E-state index >= 15 is 0 Å². The summed E-state index contributed by atoms with van der Waals surface area (Å²) in [7, 11) is 0. The zero-order valence-corrected chi connectivity index (χ0v) is 10.3. The molecular weight excluding hydrogens is 204 g/mol. The molecule has 0 aliphatic carbocycles. The van der Waals surface area contributed by atoms with Crippen molar-refractivity contribution in [1.29, 1.82) is 0 Å². The monoisotopic (exact) mass is 224 g/mol. The molecule has 0 aliphatic heterocycles. The molecule has 0 aliphatic rings. The summed E-state index contributed by atoms with van der Waals surface area (Å²) in [5.41, 5.74) is 4.17. The summed E-state index contributed by atoms with van der Waals surface area (Å²) < 4.78 is 0. The first-order chi connectivity index (χ1) is 7.26. The maximum Gasteiger partial charge on any atom is 0.0304 e. The van der Waals surface area contributed by atoms with Crippen molar-refractivity contribution >= 4 is 11.8 Å². The Labute approximate surface area is 96.6 Å². The lowest BCUT2D eigenvalue weighted by Gasteiger charge is -2.14. The zero-order valence-electron chi connectivity index (χ0n) is 9.49. The van der Waals surface area contributed by atoms with Crippen LogP contribution in [0.2, 0.25) is 0 Å². The molecule has 1 aromatic carbocycles. The van der Waals surface area contributed by atoms with E-state index in [9.17, 15) is 0 Å². The van der Waals surface area contributed by atoms with Crippen molar-refractivity contribution in [2.45, 2.75) is 37.6 Å². The molecule has 0 saturated heterocycles. The fourth-order valence-electron chi connectivity index (χ4n) is 1.39. The second-order valence-electron chi connectivity index (χ2n) is 3.78. The average molecular weight is 224 g/mol. The maximum atomic E-state index is 5.48. The van der Waals surface area contributed by atoms with Gasteiger partial charge in [-0.25, -0.2) is 0 Å². The highest BCUT2D eigenvalue weighted by molar-refractivity contribution is 7.99. The molecule has 1 rings (SSSR count). The molecule has 2 nitrogen and oxygen atoms in total. The highest BCUT2D eigenvalue weighted by atomic mass is 32.2. The summed E-state index contributed by atoms with van der Waals surface area (Å²) in [6.07, 6.45) is 2.30. The lowest BCUT2D eigenvalue weighted by Crippen LogP contribution is -2.36. The Balaban J connectivity index is 2.38. The van der Waals surface area contributed by atoms with Crippen LogP contribution in [-0.4, -0.2) is 11.8 Å². The topological polar surface area (TPSA) is 38.0 Å². The van der Waals surface area contributed by atoms with Crippen molar-refractivity contribution in [3.63, 3.8) is 0 Å². The third-order valence-electron chi connectivity index (χ3n) is 2.35. The number of hydrogen-bond donors (Lipinski definition) is 2. The zero-order chi connectivity index (χ0) is 11.1. The van der Waals surface area contributed by atoms with E-state index in [0.29, 0.717) is 6.04 Å². The van der Waals surface area contributed by atoms with E-state index in [1.807, 2.05) is 11.8 Å². The van der Waals surface area contributed by atoms with Crippen LogP contribution >= 0.6 is 11.8 Å². The lowest BCUT2D eigenvalue weighted by molar-refractivity contribution is 0.532. The largest absolute Gasteiger partial charge is 0.271 e. The lowest BCUT2D eigenvalue weighted by atomic mass is 10.2. The molecule has 3 N–H and O–H groups in total. The molecule has 1 aromatic rings. The molecular formula is C12H20N2S. The number of benzene rings is 1. The first kappa shape index (κ1) is 12.6. The third kappa shape index (κ3) is 4.69. The van der Waals surface area contributed by atoms with Gasteiger partial charge in [0.1, 0.15) is 0 Å². The van der Waals surface area contributed by atoms with E-state index in [1.54, 1.807) is 0 Å². The maximum absolute atomic E-state index is 5.48. The van der Waals surface area contributed by atoms with Crippen molar-refractivity contribution in [1.82, 2.24) is 5.43 Å². The van der Waals surface area contributed by atoms with E-state index in [1.165, 1.54) is 16.9 Å². The highest BCUT2D eigenvalue weighted by Crippen LogP contribution is 2.19. The minimum Gasteiger partial charge on any atom is -0.271 e. The number of rotatable bonds is 6. The van der Waals surface area contributed by atoms with Gasteiger partial charge in [-0.15, -0.1) is 11.8 Å². The van der Waals surface area contributed by atoms with Crippen LogP contribution in [0.15, 0.2) is 29.2 Å². The molecule has 0 spiro atoms. The Morgan fingerprint density at radius 3 is 2.53 bits per heavy atom. The molecule has 0 fully saturated rings. The first-order valence-corrected chi connectivity index (χ1v) is 6.40. The smallest absolute Gasteiger partial charge is 0.0304 e. The van der Waals surface area contributed by atoms with Crippen LogP contribution in [0, 0.1) is 6.92 Å². The Morgan fingerprint density at radius 2 is 2.00 bits per heavy atom. The van der Waals surface area contributed by atoms with Crippen LogP contribution in [-0.2, 0) is 0 Å². The van der Waals surface area contributed by atoms with Gasteiger partial charge in [0.05, 0.1) is 0 Å². The Bertz CT molecular complexity index is 271. The third-order valence-corrected chi connectivity index (χ3v) is 3.52. The van der Waals surface area contributed by atoms with E-state index in [-0.39, 0.29) is 0 Å². The summed E-state index contributed by atoms with van der Waals surface area (Å²) in [5.74, 6) is 6.52. The van der Waals surface area contributed by atoms with Crippen LogP contribution in [0.25, 0.3) is 0 Å². The molecule has 1 atom stereocenters. The van der Waals surface area contributed by atoms with Crippen molar-refractivity contribution in [2.75, 3.05) is 5.75 Å². The van der Waals surface area contributed by atoms with Crippen LogP contribution < -0.4 is 11.3 Å². The van der Waals surface area contributed by atoms with Gasteiger partial charge in [-0.1, -0.05) is 31.0 Å². The van der Waals surface area contributed by atoms with Crippen LogP contribution in [0.4, 0.5) is 0 Å². The first-order valence-electron chi connectivity index (χ1n) is 5.42. The molecule has 3 heteroatoms. The Kier molecular flexibility index (Phi) is 5.76. The van der Waals surface area contributed by atoms with E-state index in [2.05, 4.69) is 43.5 Å². The van der Waals surface area contributed by atoms with Gasteiger partial charge in [-0.2, -0.15) is 0 Å². The second kappa shape index (κ2) is 6.88. The quantitative estimate of drug-likeness (QED) is 0.443. The van der Waals surface area contributed by atoms with E-state index < -0.39 is 0 Å². The molecule has 15 heavy (non-hydrogen) atoms. The van der Waals surface area contributed by atoms with Crippen LogP contribution in [0.5, 0.6) is 0 Å². The van der Waals surface area contributed by atoms with Crippen molar-refractivity contribution in [3.05, 3.63) is 29.8 Å². The molecule has 1 unspecified atom stereocenters. The number of thioether (sulfide) groups is 1. The Hall–Kier alpha value is -0.510. The van der Waals surface area contributed by atoms with Crippen molar-refractivity contribution < 1.29 is 0 Å². The number of hydrogen-bond acceptors (Lipinski definition) is 3. The molecule has 0 bridgehead atoms. The van der Waals surface area contributed by atoms with E-state index in [0.717, 1.165) is 12.2 Å². The van der Waals surface area contributed by atoms with Crippen LogP contribution in [0.1, 0.15) is 25.3 Å². The van der Waals surface area contributed by atoms with Crippen LogP contribution in [0.3, 0.4) is 0 Å². The van der Waals surface area contributed by atoms with Gasteiger partial charge in [0, 0.05) is 16.7 Å². The van der Waals surface area contributed by atoms with Gasteiger partial charge in [-0.3, -0.25) is 11.3 Å². The van der Waals surface area contributed by atoms with Gasteiger partial charge >= 0.3 is 0 Å². The summed E-state index contributed by atoms with van der Waals surface area (Å²) >= 11 is 1.86. The van der Waals surface area contributed by atoms with Gasteiger partial charge in [0.2, 0.25) is 0 Å². The molecule has 84 valence electrons. The second-order valence-corrected chi connectivity index (χ2v) is 4.87.